The van der Waals surface area contributed by atoms with Gasteiger partial charge in [-0.2, -0.15) is 0 Å². The van der Waals surface area contributed by atoms with Crippen LogP contribution in [0.4, 0.5) is 0 Å². The van der Waals surface area contributed by atoms with Crippen LogP contribution in [0.15, 0.2) is 0 Å². The van der Waals surface area contributed by atoms with Crippen molar-refractivity contribution in [2.75, 3.05) is 26.2 Å². The first-order chi connectivity index (χ1) is 7.65. The fraction of sp³-hybridized carbons (Fsp3) is 1.00. The van der Waals surface area contributed by atoms with E-state index in [0.717, 1.165) is 18.4 Å². The van der Waals surface area contributed by atoms with E-state index in [1.165, 1.54) is 45.2 Å². The van der Waals surface area contributed by atoms with E-state index in [2.05, 4.69) is 18.7 Å². The lowest BCUT2D eigenvalue weighted by Gasteiger charge is -2.32. The molecule has 0 aromatic rings. The van der Waals surface area contributed by atoms with Crippen LogP contribution in [0.2, 0.25) is 0 Å². The molecule has 0 aromatic carbocycles. The van der Waals surface area contributed by atoms with Crippen LogP contribution >= 0.6 is 0 Å². The minimum Gasteiger partial charge on any atom is -0.396 e. The zero-order chi connectivity index (χ0) is 11.6. The van der Waals surface area contributed by atoms with E-state index in [1.54, 1.807) is 0 Å². The minimum atomic E-state index is 0.256. The Labute approximate surface area is 100 Å². The highest BCUT2D eigenvalue weighted by molar-refractivity contribution is 4.89. The maximum absolute atomic E-state index is 9.63. The molecule has 1 saturated carbocycles. The van der Waals surface area contributed by atoms with Gasteiger partial charge >= 0.3 is 0 Å². The Balaban J connectivity index is 1.86. The van der Waals surface area contributed by atoms with Crippen molar-refractivity contribution in [3.05, 3.63) is 0 Å². The maximum atomic E-state index is 9.63. The third kappa shape index (κ3) is 2.60. The standard InChI is InChI=1S/C14H27NO/c1-12(2)13-5-8-15(9-13)10-14(11-16)6-3-4-7-14/h12-13,16H,3-11H2,1-2H3. The molecule has 0 radical (unpaired) electrons. The van der Waals surface area contributed by atoms with Gasteiger partial charge in [0.05, 0.1) is 0 Å². The van der Waals surface area contributed by atoms with E-state index >= 15 is 0 Å². The summed E-state index contributed by atoms with van der Waals surface area (Å²) < 4.78 is 0. The maximum Gasteiger partial charge on any atom is 0.0499 e. The smallest absolute Gasteiger partial charge is 0.0499 e. The van der Waals surface area contributed by atoms with E-state index in [9.17, 15) is 5.11 Å². The Morgan fingerprint density at radius 2 is 2.00 bits per heavy atom. The molecule has 1 heterocycles. The van der Waals surface area contributed by atoms with Gasteiger partial charge in [-0.25, -0.2) is 0 Å². The van der Waals surface area contributed by atoms with Gasteiger partial charge in [0.2, 0.25) is 0 Å². The Kier molecular flexibility index (Phi) is 3.91. The zero-order valence-electron chi connectivity index (χ0n) is 10.9. The van der Waals surface area contributed by atoms with E-state index in [4.69, 9.17) is 0 Å². The average Bonchev–Trinajstić information content (AvgIpc) is 2.88. The molecule has 1 unspecified atom stereocenters. The molecule has 0 bridgehead atoms. The van der Waals surface area contributed by atoms with Crippen LogP contribution < -0.4 is 0 Å². The number of aliphatic hydroxyl groups excluding tert-OH is 1. The predicted octanol–water partition coefficient (Wildman–Crippen LogP) is 2.52. The number of aliphatic hydroxyl groups is 1. The fourth-order valence-electron chi connectivity index (χ4n) is 3.52. The number of hydrogen-bond acceptors (Lipinski definition) is 2. The molecular formula is C14H27NO. The van der Waals surface area contributed by atoms with Crippen LogP contribution in [-0.2, 0) is 0 Å². The fourth-order valence-corrected chi connectivity index (χ4v) is 3.52. The second kappa shape index (κ2) is 5.05. The highest BCUT2D eigenvalue weighted by Gasteiger charge is 2.37. The van der Waals surface area contributed by atoms with Gasteiger partial charge in [-0.1, -0.05) is 26.7 Å². The Morgan fingerprint density at radius 1 is 1.31 bits per heavy atom. The second-order valence-electron chi connectivity index (χ2n) is 6.39. The van der Waals surface area contributed by atoms with Crippen LogP contribution in [0.3, 0.4) is 0 Å². The van der Waals surface area contributed by atoms with Crippen molar-refractivity contribution < 1.29 is 5.11 Å². The normalized spacial score (nSPS) is 30.4. The van der Waals surface area contributed by atoms with Crippen molar-refractivity contribution in [2.45, 2.75) is 46.0 Å². The van der Waals surface area contributed by atoms with Crippen LogP contribution in [0.25, 0.3) is 0 Å². The minimum absolute atomic E-state index is 0.256. The largest absolute Gasteiger partial charge is 0.396 e. The van der Waals surface area contributed by atoms with E-state index in [1.807, 2.05) is 0 Å². The molecular weight excluding hydrogens is 198 g/mol. The molecule has 1 N–H and O–H groups in total. The summed E-state index contributed by atoms with van der Waals surface area (Å²) in [5.74, 6) is 1.70. The summed E-state index contributed by atoms with van der Waals surface area (Å²) in [6.45, 7) is 8.74. The predicted molar refractivity (Wildman–Crippen MR) is 67.4 cm³/mol. The van der Waals surface area contributed by atoms with Crippen molar-refractivity contribution in [2.24, 2.45) is 17.3 Å². The summed E-state index contributed by atoms with van der Waals surface area (Å²) >= 11 is 0. The summed E-state index contributed by atoms with van der Waals surface area (Å²) in [6, 6.07) is 0. The van der Waals surface area contributed by atoms with Gasteiger partial charge in [-0.15, -0.1) is 0 Å². The zero-order valence-corrected chi connectivity index (χ0v) is 10.9. The monoisotopic (exact) mass is 225 g/mol. The molecule has 0 aromatic heterocycles. The lowest BCUT2D eigenvalue weighted by Crippen LogP contribution is -2.37. The number of likely N-dealkylation sites (tertiary alicyclic amines) is 1. The van der Waals surface area contributed by atoms with Gasteiger partial charge in [-0.05, 0) is 37.6 Å². The molecule has 16 heavy (non-hydrogen) atoms. The van der Waals surface area contributed by atoms with E-state index in [-0.39, 0.29) is 5.41 Å². The van der Waals surface area contributed by atoms with Crippen molar-refractivity contribution >= 4 is 0 Å². The summed E-state index contributed by atoms with van der Waals surface area (Å²) in [5, 5.41) is 9.63. The van der Waals surface area contributed by atoms with Crippen LogP contribution in [0.1, 0.15) is 46.0 Å². The van der Waals surface area contributed by atoms with Gasteiger partial charge in [0.15, 0.2) is 0 Å². The molecule has 1 atom stereocenters. The number of nitrogens with zero attached hydrogens (tertiary/aromatic N) is 1. The van der Waals surface area contributed by atoms with E-state index < -0.39 is 0 Å². The summed E-state index contributed by atoms with van der Waals surface area (Å²) in [5.41, 5.74) is 0.256. The highest BCUT2D eigenvalue weighted by atomic mass is 16.3. The highest BCUT2D eigenvalue weighted by Crippen LogP contribution is 2.39. The van der Waals surface area contributed by atoms with Crippen molar-refractivity contribution in [3.63, 3.8) is 0 Å². The SMILES string of the molecule is CC(C)C1CCN(CC2(CO)CCCC2)C1. The van der Waals surface area contributed by atoms with Crippen molar-refractivity contribution in [1.29, 1.82) is 0 Å². The first kappa shape index (κ1) is 12.4. The second-order valence-corrected chi connectivity index (χ2v) is 6.39. The number of hydrogen-bond donors (Lipinski definition) is 1. The van der Waals surface area contributed by atoms with Crippen LogP contribution in [0.5, 0.6) is 0 Å². The molecule has 0 amide bonds. The summed E-state index contributed by atoms with van der Waals surface area (Å²) in [7, 11) is 0. The van der Waals surface area contributed by atoms with Crippen LogP contribution in [0, 0.1) is 17.3 Å². The molecule has 2 fully saturated rings. The molecule has 1 aliphatic heterocycles. The summed E-state index contributed by atoms with van der Waals surface area (Å²) in [6.07, 6.45) is 6.49. The van der Waals surface area contributed by atoms with Crippen molar-refractivity contribution in [3.8, 4) is 0 Å². The molecule has 2 rings (SSSR count). The lowest BCUT2D eigenvalue weighted by atomic mass is 9.86. The molecule has 0 spiro atoms. The summed E-state index contributed by atoms with van der Waals surface area (Å²) in [4.78, 5) is 2.60. The third-order valence-electron chi connectivity index (χ3n) is 4.81. The molecule has 2 aliphatic rings. The first-order valence-electron chi connectivity index (χ1n) is 6.98. The van der Waals surface area contributed by atoms with Gasteiger partial charge in [0.25, 0.3) is 0 Å². The average molecular weight is 225 g/mol. The lowest BCUT2D eigenvalue weighted by molar-refractivity contribution is 0.0859. The third-order valence-corrected chi connectivity index (χ3v) is 4.81. The van der Waals surface area contributed by atoms with Gasteiger partial charge in [0, 0.05) is 25.1 Å². The number of rotatable bonds is 4. The topological polar surface area (TPSA) is 23.5 Å². The Bertz CT molecular complexity index is 221. The van der Waals surface area contributed by atoms with Gasteiger partial charge < -0.3 is 10.0 Å². The molecule has 1 aliphatic carbocycles. The molecule has 2 nitrogen and oxygen atoms in total. The first-order valence-corrected chi connectivity index (χ1v) is 6.98. The van der Waals surface area contributed by atoms with E-state index in [0.29, 0.717) is 6.61 Å². The molecule has 2 heteroatoms. The van der Waals surface area contributed by atoms with Crippen LogP contribution in [-0.4, -0.2) is 36.2 Å². The molecule has 94 valence electrons. The Morgan fingerprint density at radius 3 is 2.50 bits per heavy atom. The van der Waals surface area contributed by atoms with Gasteiger partial charge in [0.1, 0.15) is 0 Å². The van der Waals surface area contributed by atoms with Crippen molar-refractivity contribution in [1.82, 2.24) is 4.90 Å². The molecule has 1 saturated heterocycles. The quantitative estimate of drug-likeness (QED) is 0.794. The Hall–Kier alpha value is -0.0800. The van der Waals surface area contributed by atoms with Gasteiger partial charge in [-0.3, -0.25) is 0 Å².